The number of hydrogen-bond donors (Lipinski definition) is 0. The zero-order valence-electron chi connectivity index (χ0n) is 13.2. The van der Waals surface area contributed by atoms with Crippen LogP contribution in [0.1, 0.15) is 39.5 Å². The summed E-state index contributed by atoms with van der Waals surface area (Å²) < 4.78 is 0. The fourth-order valence-electron chi connectivity index (χ4n) is 2.94. The maximum absolute atomic E-state index is 12.0. The summed E-state index contributed by atoms with van der Waals surface area (Å²) in [7, 11) is 0. The van der Waals surface area contributed by atoms with Gasteiger partial charge in [0.1, 0.15) is 0 Å². The summed E-state index contributed by atoms with van der Waals surface area (Å²) in [6.07, 6.45) is 7.54. The van der Waals surface area contributed by atoms with Crippen LogP contribution in [0.2, 0.25) is 0 Å². The summed E-state index contributed by atoms with van der Waals surface area (Å²) in [5.74, 6) is 1.79. The summed E-state index contributed by atoms with van der Waals surface area (Å²) in [5, 5.41) is 0. The number of carbonyl (C=O) groups is 1. The van der Waals surface area contributed by atoms with E-state index in [1.807, 2.05) is 24.8 Å². The number of rotatable bonds is 6. The SMILES string of the molecule is CCN(CC)C(=O)CCC1CCN(c2ncccn2)CC1. The molecular formula is C16H26N4O. The molecule has 5 nitrogen and oxygen atoms in total. The minimum absolute atomic E-state index is 0.300. The number of anilines is 1. The second kappa shape index (κ2) is 7.96. The highest BCUT2D eigenvalue weighted by atomic mass is 16.2. The summed E-state index contributed by atoms with van der Waals surface area (Å²) >= 11 is 0. The lowest BCUT2D eigenvalue weighted by Gasteiger charge is -2.32. The molecule has 21 heavy (non-hydrogen) atoms. The van der Waals surface area contributed by atoms with Crippen molar-refractivity contribution < 1.29 is 4.79 Å². The van der Waals surface area contributed by atoms with Gasteiger partial charge in [0.05, 0.1) is 0 Å². The van der Waals surface area contributed by atoms with Crippen LogP contribution in [0.4, 0.5) is 5.95 Å². The third-order valence-electron chi connectivity index (χ3n) is 4.33. The lowest BCUT2D eigenvalue weighted by molar-refractivity contribution is -0.131. The molecule has 1 aliphatic rings. The van der Waals surface area contributed by atoms with E-state index in [-0.39, 0.29) is 0 Å². The molecule has 5 heteroatoms. The molecule has 0 spiro atoms. The minimum Gasteiger partial charge on any atom is -0.343 e. The smallest absolute Gasteiger partial charge is 0.225 e. The number of aromatic nitrogens is 2. The van der Waals surface area contributed by atoms with Gasteiger partial charge in [0.15, 0.2) is 0 Å². The predicted molar refractivity (Wildman–Crippen MR) is 84.1 cm³/mol. The normalized spacial score (nSPS) is 16.0. The number of piperidine rings is 1. The largest absolute Gasteiger partial charge is 0.343 e. The molecule has 2 heterocycles. The summed E-state index contributed by atoms with van der Waals surface area (Å²) in [5.41, 5.74) is 0. The van der Waals surface area contributed by atoms with E-state index in [1.165, 1.54) is 0 Å². The van der Waals surface area contributed by atoms with Crippen molar-refractivity contribution in [1.82, 2.24) is 14.9 Å². The maximum atomic E-state index is 12.0. The van der Waals surface area contributed by atoms with E-state index in [2.05, 4.69) is 14.9 Å². The van der Waals surface area contributed by atoms with Gasteiger partial charge >= 0.3 is 0 Å². The molecule has 0 bridgehead atoms. The van der Waals surface area contributed by atoms with Gasteiger partial charge in [-0.2, -0.15) is 0 Å². The van der Waals surface area contributed by atoms with Gasteiger partial charge in [0.2, 0.25) is 11.9 Å². The minimum atomic E-state index is 0.300. The van der Waals surface area contributed by atoms with E-state index in [0.29, 0.717) is 18.2 Å². The average Bonchev–Trinajstić information content (AvgIpc) is 2.55. The highest BCUT2D eigenvalue weighted by molar-refractivity contribution is 5.76. The van der Waals surface area contributed by atoms with Gasteiger partial charge in [0, 0.05) is 45.0 Å². The second-order valence-electron chi connectivity index (χ2n) is 5.58. The zero-order valence-corrected chi connectivity index (χ0v) is 13.2. The number of carbonyl (C=O) groups excluding carboxylic acids is 1. The fraction of sp³-hybridized carbons (Fsp3) is 0.688. The van der Waals surface area contributed by atoms with Gasteiger partial charge in [-0.05, 0) is 45.1 Å². The van der Waals surface area contributed by atoms with Crippen LogP contribution >= 0.6 is 0 Å². The van der Waals surface area contributed by atoms with Crippen LogP contribution in [0.5, 0.6) is 0 Å². The number of hydrogen-bond acceptors (Lipinski definition) is 4. The first-order valence-corrected chi connectivity index (χ1v) is 8.04. The Bertz CT molecular complexity index is 425. The average molecular weight is 290 g/mol. The predicted octanol–water partition coefficient (Wildman–Crippen LogP) is 2.34. The Morgan fingerprint density at radius 3 is 2.43 bits per heavy atom. The van der Waals surface area contributed by atoms with Crippen LogP contribution in [-0.4, -0.2) is 47.0 Å². The van der Waals surface area contributed by atoms with Crippen molar-refractivity contribution in [2.45, 2.75) is 39.5 Å². The van der Waals surface area contributed by atoms with E-state index in [9.17, 15) is 4.79 Å². The van der Waals surface area contributed by atoms with E-state index < -0.39 is 0 Å². The molecule has 1 saturated heterocycles. The zero-order chi connectivity index (χ0) is 15.1. The van der Waals surface area contributed by atoms with Crippen LogP contribution in [0.25, 0.3) is 0 Å². The first-order chi connectivity index (χ1) is 10.2. The molecular weight excluding hydrogens is 264 g/mol. The second-order valence-corrected chi connectivity index (χ2v) is 5.58. The highest BCUT2D eigenvalue weighted by Gasteiger charge is 2.22. The third-order valence-corrected chi connectivity index (χ3v) is 4.33. The summed E-state index contributed by atoms with van der Waals surface area (Å²) in [6.45, 7) is 7.71. The van der Waals surface area contributed by atoms with Crippen molar-refractivity contribution in [2.75, 3.05) is 31.1 Å². The molecule has 1 fully saturated rings. The van der Waals surface area contributed by atoms with Crippen LogP contribution in [0.15, 0.2) is 18.5 Å². The van der Waals surface area contributed by atoms with Gasteiger partial charge in [-0.15, -0.1) is 0 Å². The lowest BCUT2D eigenvalue weighted by atomic mass is 9.92. The Hall–Kier alpha value is -1.65. The quantitative estimate of drug-likeness (QED) is 0.807. The van der Waals surface area contributed by atoms with Crippen LogP contribution < -0.4 is 4.90 Å². The van der Waals surface area contributed by atoms with Crippen LogP contribution in [0, 0.1) is 5.92 Å². The molecule has 0 unspecified atom stereocenters. The first-order valence-electron chi connectivity index (χ1n) is 8.04. The standard InChI is InChI=1S/C16H26N4O/c1-3-19(4-2)15(21)7-6-14-8-12-20(13-9-14)16-17-10-5-11-18-16/h5,10-11,14H,3-4,6-9,12-13H2,1-2H3. The Kier molecular flexibility index (Phi) is 5.96. The van der Waals surface area contributed by atoms with E-state index in [1.54, 1.807) is 12.4 Å². The van der Waals surface area contributed by atoms with Gasteiger partial charge in [-0.3, -0.25) is 4.79 Å². The maximum Gasteiger partial charge on any atom is 0.225 e. The van der Waals surface area contributed by atoms with Crippen molar-refractivity contribution in [2.24, 2.45) is 5.92 Å². The third kappa shape index (κ3) is 4.41. The molecule has 1 aliphatic heterocycles. The summed E-state index contributed by atoms with van der Waals surface area (Å²) in [6, 6.07) is 1.84. The molecule has 0 aliphatic carbocycles. The Balaban J connectivity index is 1.73. The highest BCUT2D eigenvalue weighted by Crippen LogP contribution is 2.24. The van der Waals surface area contributed by atoms with Crippen molar-refractivity contribution in [3.8, 4) is 0 Å². The van der Waals surface area contributed by atoms with Gasteiger partial charge in [-0.25, -0.2) is 9.97 Å². The molecule has 2 rings (SSSR count). The Morgan fingerprint density at radius 2 is 1.86 bits per heavy atom. The van der Waals surface area contributed by atoms with Crippen molar-refractivity contribution in [3.05, 3.63) is 18.5 Å². The molecule has 116 valence electrons. The van der Waals surface area contributed by atoms with Gasteiger partial charge in [-0.1, -0.05) is 0 Å². The molecule has 1 aromatic rings. The topological polar surface area (TPSA) is 49.3 Å². The monoisotopic (exact) mass is 290 g/mol. The molecule has 0 aromatic carbocycles. The Morgan fingerprint density at radius 1 is 1.24 bits per heavy atom. The number of amides is 1. The van der Waals surface area contributed by atoms with Gasteiger partial charge < -0.3 is 9.80 Å². The summed E-state index contributed by atoms with van der Waals surface area (Å²) in [4.78, 5) is 24.8. The molecule has 0 saturated carbocycles. The van der Waals surface area contributed by atoms with E-state index >= 15 is 0 Å². The van der Waals surface area contributed by atoms with Crippen LogP contribution in [-0.2, 0) is 4.79 Å². The van der Waals surface area contributed by atoms with Crippen molar-refractivity contribution >= 4 is 11.9 Å². The number of nitrogens with zero attached hydrogens (tertiary/aromatic N) is 4. The Labute approximate surface area is 127 Å². The molecule has 1 amide bonds. The van der Waals surface area contributed by atoms with E-state index in [0.717, 1.165) is 51.4 Å². The van der Waals surface area contributed by atoms with Crippen molar-refractivity contribution in [3.63, 3.8) is 0 Å². The van der Waals surface area contributed by atoms with E-state index in [4.69, 9.17) is 0 Å². The van der Waals surface area contributed by atoms with Crippen molar-refractivity contribution in [1.29, 1.82) is 0 Å². The molecule has 0 radical (unpaired) electrons. The van der Waals surface area contributed by atoms with Crippen LogP contribution in [0.3, 0.4) is 0 Å². The van der Waals surface area contributed by atoms with Gasteiger partial charge in [0.25, 0.3) is 0 Å². The molecule has 1 aromatic heterocycles. The molecule has 0 atom stereocenters. The molecule has 0 N–H and O–H groups in total. The lowest BCUT2D eigenvalue weighted by Crippen LogP contribution is -2.35. The first kappa shape index (κ1) is 15.7. The fourth-order valence-corrected chi connectivity index (χ4v) is 2.94.